The minimum atomic E-state index is -0.273. The molecule has 0 radical (unpaired) electrons. The highest BCUT2D eigenvalue weighted by atomic mass is 16.5. The predicted octanol–water partition coefficient (Wildman–Crippen LogP) is 0.529. The average Bonchev–Trinajstić information content (AvgIpc) is 2.25. The number of carbonyl (C=O) groups excluding carboxylic acids is 1. The SMILES string of the molecule is COCCN(CC(N)=O)[C@H]1C=CCCC1. The summed E-state index contributed by atoms with van der Waals surface area (Å²) >= 11 is 0. The van der Waals surface area contributed by atoms with Crippen molar-refractivity contribution in [3.8, 4) is 0 Å². The van der Waals surface area contributed by atoms with Gasteiger partial charge in [0, 0.05) is 19.7 Å². The molecule has 2 N–H and O–H groups in total. The summed E-state index contributed by atoms with van der Waals surface area (Å²) in [6, 6.07) is 0.349. The lowest BCUT2D eigenvalue weighted by molar-refractivity contribution is -0.119. The van der Waals surface area contributed by atoms with Crippen LogP contribution in [0, 0.1) is 0 Å². The minimum absolute atomic E-state index is 0.273. The van der Waals surface area contributed by atoms with Gasteiger partial charge in [0.1, 0.15) is 0 Å². The fraction of sp³-hybridized carbons (Fsp3) is 0.727. The second-order valence-electron chi connectivity index (χ2n) is 3.86. The predicted molar refractivity (Wildman–Crippen MR) is 59.4 cm³/mol. The molecule has 0 saturated heterocycles. The lowest BCUT2D eigenvalue weighted by Crippen LogP contribution is -2.42. The first kappa shape index (κ1) is 12.2. The molecular weight excluding hydrogens is 192 g/mol. The highest BCUT2D eigenvalue weighted by Gasteiger charge is 2.18. The molecule has 0 bridgehead atoms. The summed E-state index contributed by atoms with van der Waals surface area (Å²) in [6.07, 6.45) is 7.78. The van der Waals surface area contributed by atoms with Crippen LogP contribution in [0.25, 0.3) is 0 Å². The molecule has 1 rings (SSSR count). The Hall–Kier alpha value is -0.870. The molecule has 0 aromatic heterocycles. The Balaban J connectivity index is 2.49. The van der Waals surface area contributed by atoms with Crippen molar-refractivity contribution < 1.29 is 9.53 Å². The first-order valence-corrected chi connectivity index (χ1v) is 5.42. The highest BCUT2D eigenvalue weighted by Crippen LogP contribution is 2.15. The standard InChI is InChI=1S/C11H20N2O2/c1-15-8-7-13(9-11(12)14)10-5-3-2-4-6-10/h3,5,10H,2,4,6-9H2,1H3,(H2,12,14)/t10-/m0/s1. The topological polar surface area (TPSA) is 55.6 Å². The molecule has 4 nitrogen and oxygen atoms in total. The van der Waals surface area contributed by atoms with E-state index in [9.17, 15) is 4.79 Å². The number of amides is 1. The van der Waals surface area contributed by atoms with Gasteiger partial charge in [-0.3, -0.25) is 9.69 Å². The van der Waals surface area contributed by atoms with Crippen LogP contribution < -0.4 is 5.73 Å². The molecule has 0 unspecified atom stereocenters. The van der Waals surface area contributed by atoms with Gasteiger partial charge in [-0.25, -0.2) is 0 Å². The molecule has 0 fully saturated rings. The molecule has 4 heteroatoms. The number of hydrogen-bond donors (Lipinski definition) is 1. The number of rotatable bonds is 6. The largest absolute Gasteiger partial charge is 0.383 e. The van der Waals surface area contributed by atoms with Crippen LogP contribution in [-0.2, 0) is 9.53 Å². The number of nitrogens with zero attached hydrogens (tertiary/aromatic N) is 1. The Bertz CT molecular complexity index is 229. The number of hydrogen-bond acceptors (Lipinski definition) is 3. The van der Waals surface area contributed by atoms with Crippen LogP contribution in [-0.4, -0.2) is 43.7 Å². The molecule has 1 aliphatic rings. The molecule has 1 atom stereocenters. The molecule has 0 aromatic carbocycles. The summed E-state index contributed by atoms with van der Waals surface area (Å²) in [7, 11) is 1.67. The maximum atomic E-state index is 10.9. The minimum Gasteiger partial charge on any atom is -0.383 e. The number of allylic oxidation sites excluding steroid dienone is 1. The number of nitrogens with two attached hydrogens (primary N) is 1. The van der Waals surface area contributed by atoms with Crippen molar-refractivity contribution in [3.63, 3.8) is 0 Å². The summed E-state index contributed by atoms with van der Waals surface area (Å²) in [4.78, 5) is 13.0. The van der Waals surface area contributed by atoms with E-state index in [4.69, 9.17) is 10.5 Å². The number of ether oxygens (including phenoxy) is 1. The van der Waals surface area contributed by atoms with Crippen molar-refractivity contribution in [2.75, 3.05) is 26.8 Å². The van der Waals surface area contributed by atoms with Gasteiger partial charge in [-0.1, -0.05) is 12.2 Å². The Morgan fingerprint density at radius 2 is 2.47 bits per heavy atom. The zero-order valence-corrected chi connectivity index (χ0v) is 9.32. The Labute approximate surface area is 91.1 Å². The van der Waals surface area contributed by atoms with E-state index in [1.54, 1.807) is 7.11 Å². The molecule has 0 saturated carbocycles. The van der Waals surface area contributed by atoms with Gasteiger partial charge < -0.3 is 10.5 Å². The van der Waals surface area contributed by atoms with Crippen LogP contribution in [0.15, 0.2) is 12.2 Å². The zero-order valence-electron chi connectivity index (χ0n) is 9.32. The van der Waals surface area contributed by atoms with E-state index in [0.29, 0.717) is 19.2 Å². The van der Waals surface area contributed by atoms with E-state index < -0.39 is 0 Å². The third-order valence-electron chi connectivity index (χ3n) is 2.64. The molecule has 15 heavy (non-hydrogen) atoms. The smallest absolute Gasteiger partial charge is 0.231 e. The number of carbonyl (C=O) groups is 1. The molecule has 86 valence electrons. The summed E-state index contributed by atoms with van der Waals surface area (Å²) in [5.74, 6) is -0.273. The van der Waals surface area contributed by atoms with E-state index in [2.05, 4.69) is 17.1 Å². The average molecular weight is 212 g/mol. The lowest BCUT2D eigenvalue weighted by atomic mass is 10.0. The van der Waals surface area contributed by atoms with E-state index >= 15 is 0 Å². The summed E-state index contributed by atoms with van der Waals surface area (Å²) in [5.41, 5.74) is 5.23. The highest BCUT2D eigenvalue weighted by molar-refractivity contribution is 5.76. The van der Waals surface area contributed by atoms with Crippen LogP contribution in [0.4, 0.5) is 0 Å². The van der Waals surface area contributed by atoms with Gasteiger partial charge in [-0.2, -0.15) is 0 Å². The second-order valence-corrected chi connectivity index (χ2v) is 3.86. The maximum Gasteiger partial charge on any atom is 0.231 e. The van der Waals surface area contributed by atoms with Crippen LogP contribution in [0.5, 0.6) is 0 Å². The molecule has 1 amide bonds. The van der Waals surface area contributed by atoms with Crippen molar-refractivity contribution in [1.82, 2.24) is 4.90 Å². The Morgan fingerprint density at radius 1 is 1.67 bits per heavy atom. The van der Waals surface area contributed by atoms with Crippen LogP contribution >= 0.6 is 0 Å². The third kappa shape index (κ3) is 4.44. The summed E-state index contributed by atoms with van der Waals surface area (Å²) in [5, 5.41) is 0. The molecule has 0 aliphatic heterocycles. The molecule has 0 spiro atoms. The fourth-order valence-corrected chi connectivity index (χ4v) is 1.87. The third-order valence-corrected chi connectivity index (χ3v) is 2.64. The van der Waals surface area contributed by atoms with E-state index in [-0.39, 0.29) is 5.91 Å². The monoisotopic (exact) mass is 212 g/mol. The quantitative estimate of drug-likeness (QED) is 0.653. The van der Waals surface area contributed by atoms with Crippen molar-refractivity contribution in [1.29, 1.82) is 0 Å². The maximum absolute atomic E-state index is 10.9. The van der Waals surface area contributed by atoms with Gasteiger partial charge >= 0.3 is 0 Å². The van der Waals surface area contributed by atoms with Gasteiger partial charge in [0.15, 0.2) is 0 Å². The molecule has 0 aromatic rings. The van der Waals surface area contributed by atoms with E-state index in [1.807, 2.05) is 0 Å². The number of methoxy groups -OCH3 is 1. The first-order valence-electron chi connectivity index (χ1n) is 5.42. The van der Waals surface area contributed by atoms with E-state index in [0.717, 1.165) is 19.4 Å². The number of primary amides is 1. The second kappa shape index (κ2) is 6.58. The normalized spacial score (nSPS) is 20.8. The van der Waals surface area contributed by atoms with Crippen molar-refractivity contribution in [2.24, 2.45) is 5.73 Å². The Morgan fingerprint density at radius 3 is 3.00 bits per heavy atom. The van der Waals surface area contributed by atoms with Crippen molar-refractivity contribution in [2.45, 2.75) is 25.3 Å². The van der Waals surface area contributed by atoms with Gasteiger partial charge in [0.05, 0.1) is 13.2 Å². The van der Waals surface area contributed by atoms with E-state index in [1.165, 1.54) is 6.42 Å². The van der Waals surface area contributed by atoms with Gasteiger partial charge in [-0.05, 0) is 19.3 Å². The molecule has 1 aliphatic carbocycles. The Kier molecular flexibility index (Phi) is 5.36. The van der Waals surface area contributed by atoms with Crippen molar-refractivity contribution >= 4 is 5.91 Å². The van der Waals surface area contributed by atoms with Crippen LogP contribution in [0.1, 0.15) is 19.3 Å². The molecular formula is C11H20N2O2. The lowest BCUT2D eigenvalue weighted by Gasteiger charge is -2.30. The van der Waals surface area contributed by atoms with Gasteiger partial charge in [0.25, 0.3) is 0 Å². The van der Waals surface area contributed by atoms with Crippen LogP contribution in [0.3, 0.4) is 0 Å². The molecule has 0 heterocycles. The van der Waals surface area contributed by atoms with Gasteiger partial charge in [0.2, 0.25) is 5.91 Å². The van der Waals surface area contributed by atoms with Crippen LogP contribution in [0.2, 0.25) is 0 Å². The van der Waals surface area contributed by atoms with Gasteiger partial charge in [-0.15, -0.1) is 0 Å². The zero-order chi connectivity index (χ0) is 11.1. The fourth-order valence-electron chi connectivity index (χ4n) is 1.87. The first-order chi connectivity index (χ1) is 7.24. The summed E-state index contributed by atoms with van der Waals surface area (Å²) in [6.45, 7) is 1.71. The van der Waals surface area contributed by atoms with Crippen molar-refractivity contribution in [3.05, 3.63) is 12.2 Å². The summed E-state index contributed by atoms with van der Waals surface area (Å²) < 4.78 is 5.03.